The Balaban J connectivity index is 0.546. The minimum atomic E-state index is -0.692. The third kappa shape index (κ3) is 18.7. The van der Waals surface area contributed by atoms with E-state index in [0.717, 1.165) is 94.2 Å². The standard InChI is InChI=1S/C76H86N11O3/c1-4-7-8-9-10-11-36-78-37-38-79(59-78)48-65-16-18-67(19-17-65)50-81-41-42-83(61-81)52-69-22-26-71(27-23-69)54-85-44-46-87(63-85)56-73-30-34-75(35-31-73)58-90-76(88)89-57-74-32-28-72(29-33-74)55-86-45-43-84(62-86)53-70-24-20-68(21-25-70)51-82-40-39-80(60-82)49-66-14-12-64(13-15-66)47-77(5-2)6-3/h5-6,12-35,37-46,59-63H,2-4,7-11,36,47-58H2,1H3/q+5. The molecule has 0 N–H and O–H groups in total. The van der Waals surface area contributed by atoms with Gasteiger partial charge in [0.15, 0.2) is 0 Å². The molecule has 6 aromatic carbocycles. The molecule has 0 aliphatic heterocycles. The molecule has 0 aliphatic carbocycles. The van der Waals surface area contributed by atoms with Crippen molar-refractivity contribution < 1.29 is 37.1 Å². The summed E-state index contributed by atoms with van der Waals surface area (Å²) in [5.74, 6) is 0. The predicted molar refractivity (Wildman–Crippen MR) is 348 cm³/mol. The molecule has 0 radical (unpaired) electrons. The highest BCUT2D eigenvalue weighted by Crippen LogP contribution is 2.15. The van der Waals surface area contributed by atoms with Gasteiger partial charge in [0.1, 0.15) is 134 Å². The number of benzene rings is 6. The van der Waals surface area contributed by atoms with Crippen LogP contribution in [0.5, 0.6) is 0 Å². The Morgan fingerprint density at radius 1 is 0.367 bits per heavy atom. The van der Waals surface area contributed by atoms with Gasteiger partial charge in [-0.2, -0.15) is 0 Å². The third-order valence-corrected chi connectivity index (χ3v) is 16.5. The second-order valence-corrected chi connectivity index (χ2v) is 23.9. The van der Waals surface area contributed by atoms with Crippen LogP contribution < -0.4 is 22.8 Å². The van der Waals surface area contributed by atoms with Crippen LogP contribution in [0, 0.1) is 0 Å². The molecular formula is C76H86N11O3+5. The van der Waals surface area contributed by atoms with E-state index in [-0.39, 0.29) is 13.2 Å². The molecule has 0 bridgehead atoms. The van der Waals surface area contributed by atoms with Crippen molar-refractivity contribution in [2.75, 3.05) is 0 Å². The van der Waals surface area contributed by atoms with Gasteiger partial charge in [-0.15, -0.1) is 0 Å². The number of unbranched alkanes of at least 4 members (excludes halogenated alkanes) is 5. The number of nitrogens with zero attached hydrogens (tertiary/aromatic N) is 11. The number of carbonyl (C=O) groups excluding carboxylic acids is 1. The molecular weight excluding hydrogens is 1110 g/mol. The molecule has 14 nitrogen and oxygen atoms in total. The molecule has 90 heavy (non-hydrogen) atoms. The number of hydrogen-bond donors (Lipinski definition) is 0. The number of ether oxygens (including phenoxy) is 2. The maximum Gasteiger partial charge on any atom is 0.508 e. The quantitative estimate of drug-likeness (QED) is 0.0233. The van der Waals surface area contributed by atoms with Crippen LogP contribution in [0.2, 0.25) is 0 Å². The highest BCUT2D eigenvalue weighted by Gasteiger charge is 2.14. The minimum absolute atomic E-state index is 0.137. The number of rotatable bonds is 33. The van der Waals surface area contributed by atoms with Crippen LogP contribution in [0.1, 0.15) is 112 Å². The average Bonchev–Trinajstić information content (AvgIpc) is 3.97. The van der Waals surface area contributed by atoms with Crippen LogP contribution in [0.25, 0.3) is 0 Å². The van der Waals surface area contributed by atoms with E-state index in [1.165, 1.54) is 83.0 Å². The Kier molecular flexibility index (Phi) is 21.3. The second-order valence-electron chi connectivity index (χ2n) is 23.9. The molecule has 0 saturated carbocycles. The number of aryl methyl sites for hydroxylation is 1. The van der Waals surface area contributed by atoms with Crippen LogP contribution >= 0.6 is 0 Å². The van der Waals surface area contributed by atoms with E-state index in [9.17, 15) is 4.79 Å². The number of hydrogen-bond acceptors (Lipinski definition) is 4. The first-order valence-electron chi connectivity index (χ1n) is 31.7. The summed E-state index contributed by atoms with van der Waals surface area (Å²) in [6.07, 6.45) is 43.1. The van der Waals surface area contributed by atoms with Gasteiger partial charge in [0, 0.05) is 6.54 Å². The van der Waals surface area contributed by atoms with E-state index in [1.54, 1.807) is 12.4 Å². The molecule has 11 aromatic rings. The van der Waals surface area contributed by atoms with E-state index in [4.69, 9.17) is 9.47 Å². The number of aromatic nitrogens is 10. The van der Waals surface area contributed by atoms with Crippen molar-refractivity contribution in [2.24, 2.45) is 0 Å². The first kappa shape index (κ1) is 61.6. The van der Waals surface area contributed by atoms with Crippen molar-refractivity contribution >= 4 is 6.16 Å². The fraction of sp³-hybridized carbons (Fsp3) is 0.263. The lowest BCUT2D eigenvalue weighted by atomic mass is 10.1. The first-order chi connectivity index (χ1) is 44.2. The van der Waals surface area contributed by atoms with Crippen LogP contribution in [0.4, 0.5) is 4.79 Å². The number of carbonyl (C=O) groups is 1. The Labute approximate surface area is 530 Å². The van der Waals surface area contributed by atoms with Crippen molar-refractivity contribution in [1.82, 2.24) is 27.7 Å². The highest BCUT2D eigenvalue weighted by atomic mass is 16.7. The van der Waals surface area contributed by atoms with E-state index in [2.05, 4.69) is 281 Å². The SMILES string of the molecule is C=CN(C=C)Cc1ccc(C[n+]2ccn(Cc3ccc(C[n+]4ccn(Cc5ccc(COC(=O)OCc6ccc(Cn7cc[n+](Cc8ccc(Cn9cc[n+](Cc%10ccc(C[n+]%11ccn(CCCCCCCC)c%11)cc%10)c9)cc8)c7)cc6)cc5)c4)cc3)c2)cc1. The lowest BCUT2D eigenvalue weighted by molar-refractivity contribution is -0.688. The van der Waals surface area contributed by atoms with Crippen molar-refractivity contribution in [1.29, 1.82) is 0 Å². The summed E-state index contributed by atoms with van der Waals surface area (Å²) < 4.78 is 33.2. The highest BCUT2D eigenvalue weighted by molar-refractivity contribution is 5.60. The summed E-state index contributed by atoms with van der Waals surface area (Å²) >= 11 is 0. The Hall–Kier alpha value is -10.1. The fourth-order valence-electron chi connectivity index (χ4n) is 11.4. The molecule has 458 valence electrons. The normalized spacial score (nSPS) is 11.3. The van der Waals surface area contributed by atoms with Gasteiger partial charge in [0.2, 0.25) is 31.6 Å². The summed E-state index contributed by atoms with van der Waals surface area (Å²) in [6.45, 7) is 19.3. The molecule has 0 aliphatic rings. The van der Waals surface area contributed by atoms with Crippen LogP contribution in [0.15, 0.2) is 265 Å². The zero-order chi connectivity index (χ0) is 61.7. The Morgan fingerprint density at radius 2 is 0.633 bits per heavy atom. The third-order valence-electron chi connectivity index (χ3n) is 16.5. The van der Waals surface area contributed by atoms with Crippen LogP contribution in [-0.2, 0) is 94.7 Å². The summed E-state index contributed by atoms with van der Waals surface area (Å²) in [6, 6.07) is 51.8. The van der Waals surface area contributed by atoms with Crippen LogP contribution in [-0.4, -0.2) is 33.9 Å². The molecule has 0 spiro atoms. The molecule has 11 rings (SSSR count). The van der Waals surface area contributed by atoms with Gasteiger partial charge in [0.05, 0.1) is 6.54 Å². The molecule has 0 amide bonds. The molecule has 0 saturated heterocycles. The fourth-order valence-corrected chi connectivity index (χ4v) is 11.4. The Morgan fingerprint density at radius 3 is 0.956 bits per heavy atom. The van der Waals surface area contributed by atoms with Crippen molar-refractivity contribution in [3.05, 3.63) is 332 Å². The van der Waals surface area contributed by atoms with Crippen molar-refractivity contribution in [3.8, 4) is 0 Å². The smallest absolute Gasteiger partial charge is 0.429 e. The maximum absolute atomic E-state index is 12.6. The second kappa shape index (κ2) is 31.2. The Bertz CT molecular complexity index is 3990. The van der Waals surface area contributed by atoms with Crippen LogP contribution in [0.3, 0.4) is 0 Å². The van der Waals surface area contributed by atoms with E-state index >= 15 is 0 Å². The van der Waals surface area contributed by atoms with Gasteiger partial charge in [-0.1, -0.05) is 191 Å². The van der Waals surface area contributed by atoms with Crippen molar-refractivity contribution in [2.45, 2.75) is 131 Å². The number of imidazole rings is 5. The van der Waals surface area contributed by atoms with Gasteiger partial charge in [-0.3, -0.25) is 0 Å². The lowest BCUT2D eigenvalue weighted by Crippen LogP contribution is -2.32. The first-order valence-corrected chi connectivity index (χ1v) is 31.7. The molecule has 0 fully saturated rings. The molecule has 5 aromatic heterocycles. The zero-order valence-corrected chi connectivity index (χ0v) is 52.2. The molecule has 5 heterocycles. The van der Waals surface area contributed by atoms with Gasteiger partial charge >= 0.3 is 6.16 Å². The molecule has 14 heteroatoms. The monoisotopic (exact) mass is 1200 g/mol. The summed E-state index contributed by atoms with van der Waals surface area (Å²) in [7, 11) is 0. The van der Waals surface area contributed by atoms with E-state index in [1.807, 2.05) is 29.2 Å². The summed E-state index contributed by atoms with van der Waals surface area (Å²) in [5, 5.41) is 0. The summed E-state index contributed by atoms with van der Waals surface area (Å²) in [4.78, 5) is 14.6. The van der Waals surface area contributed by atoms with Gasteiger partial charge in [-0.05, 0) is 92.0 Å². The van der Waals surface area contributed by atoms with Gasteiger partial charge in [-0.25, -0.2) is 50.5 Å². The largest absolute Gasteiger partial charge is 0.508 e. The van der Waals surface area contributed by atoms with Gasteiger partial charge in [0.25, 0.3) is 0 Å². The van der Waals surface area contributed by atoms with E-state index < -0.39 is 6.16 Å². The minimum Gasteiger partial charge on any atom is -0.429 e. The predicted octanol–water partition coefficient (Wildman–Crippen LogP) is 11.9. The molecule has 0 unspecified atom stereocenters. The zero-order valence-electron chi connectivity index (χ0n) is 52.2. The topological polar surface area (TPSA) is 82.8 Å². The van der Waals surface area contributed by atoms with Gasteiger partial charge < -0.3 is 14.4 Å². The lowest BCUT2D eigenvalue weighted by Gasteiger charge is -2.14. The maximum atomic E-state index is 12.6. The molecule has 0 atom stereocenters. The summed E-state index contributed by atoms with van der Waals surface area (Å²) in [5.41, 5.74) is 14.2. The van der Waals surface area contributed by atoms with E-state index in [0.29, 0.717) is 0 Å². The average molecular weight is 1200 g/mol. The van der Waals surface area contributed by atoms with Crippen molar-refractivity contribution in [3.63, 3.8) is 0 Å².